The number of hydrogen-bond acceptors (Lipinski definition) is 2. The average Bonchev–Trinajstić information content (AvgIpc) is 2.24. The van der Waals surface area contributed by atoms with Gasteiger partial charge in [-0.15, -0.1) is 0 Å². The standard InChI is InChI=1S/C12H13F3O2S/c1-8(6-11(16)17)18-7-9-4-2-3-5-10(9)12(13,14)15/h2-5,8H,6-7H2,1H3,(H,16,17). The number of thioether (sulfide) groups is 1. The van der Waals surface area contributed by atoms with Gasteiger partial charge in [0.05, 0.1) is 12.0 Å². The van der Waals surface area contributed by atoms with Crippen LogP contribution in [0.2, 0.25) is 0 Å². The van der Waals surface area contributed by atoms with Gasteiger partial charge in [-0.2, -0.15) is 24.9 Å². The lowest BCUT2D eigenvalue weighted by molar-refractivity contribution is -0.138. The van der Waals surface area contributed by atoms with Gasteiger partial charge in [0.15, 0.2) is 0 Å². The third-order valence-electron chi connectivity index (χ3n) is 2.31. The molecule has 0 aliphatic carbocycles. The summed E-state index contributed by atoms with van der Waals surface area (Å²) in [6.45, 7) is 1.69. The Morgan fingerprint density at radius 1 is 1.39 bits per heavy atom. The number of carboxylic acid groups (broad SMARTS) is 1. The second-order valence-corrected chi connectivity index (χ2v) is 5.30. The molecule has 0 aromatic heterocycles. The third-order valence-corrected chi connectivity index (χ3v) is 3.52. The fourth-order valence-corrected chi connectivity index (χ4v) is 2.44. The van der Waals surface area contributed by atoms with Crippen LogP contribution in [0, 0.1) is 0 Å². The molecule has 0 fully saturated rings. The van der Waals surface area contributed by atoms with Gasteiger partial charge in [0.1, 0.15) is 0 Å². The Bertz CT molecular complexity index is 418. The maximum atomic E-state index is 12.7. The van der Waals surface area contributed by atoms with Crippen molar-refractivity contribution >= 4 is 17.7 Å². The van der Waals surface area contributed by atoms with Crippen LogP contribution in [0.15, 0.2) is 24.3 Å². The van der Waals surface area contributed by atoms with Gasteiger partial charge in [-0.25, -0.2) is 0 Å². The first kappa shape index (κ1) is 14.9. The molecule has 0 aliphatic rings. The molecule has 1 aromatic rings. The minimum Gasteiger partial charge on any atom is -0.481 e. The van der Waals surface area contributed by atoms with E-state index in [1.165, 1.54) is 23.9 Å². The number of halogens is 3. The largest absolute Gasteiger partial charge is 0.481 e. The maximum absolute atomic E-state index is 12.7. The molecule has 1 unspecified atom stereocenters. The summed E-state index contributed by atoms with van der Waals surface area (Å²) in [7, 11) is 0. The molecule has 0 saturated carbocycles. The van der Waals surface area contributed by atoms with Crippen molar-refractivity contribution in [2.24, 2.45) is 0 Å². The molecule has 100 valence electrons. The maximum Gasteiger partial charge on any atom is 0.416 e. The molecule has 18 heavy (non-hydrogen) atoms. The zero-order chi connectivity index (χ0) is 13.8. The van der Waals surface area contributed by atoms with Crippen molar-refractivity contribution < 1.29 is 23.1 Å². The van der Waals surface area contributed by atoms with Gasteiger partial charge in [0.25, 0.3) is 0 Å². The first-order chi connectivity index (χ1) is 8.30. The van der Waals surface area contributed by atoms with Crippen LogP contribution in [-0.2, 0) is 16.7 Å². The molecule has 2 nitrogen and oxygen atoms in total. The highest BCUT2D eigenvalue weighted by Gasteiger charge is 2.32. The lowest BCUT2D eigenvalue weighted by Gasteiger charge is -2.14. The van der Waals surface area contributed by atoms with Crippen molar-refractivity contribution in [3.63, 3.8) is 0 Å². The van der Waals surface area contributed by atoms with E-state index >= 15 is 0 Å². The number of carboxylic acids is 1. The second-order valence-electron chi connectivity index (χ2n) is 3.87. The SMILES string of the molecule is CC(CC(=O)O)SCc1ccccc1C(F)(F)F. The normalized spacial score (nSPS) is 13.3. The molecule has 0 spiro atoms. The fourth-order valence-electron chi connectivity index (χ4n) is 1.46. The molecule has 0 aliphatic heterocycles. The van der Waals surface area contributed by atoms with Crippen LogP contribution < -0.4 is 0 Å². The summed E-state index contributed by atoms with van der Waals surface area (Å²) in [6, 6.07) is 5.35. The van der Waals surface area contributed by atoms with Gasteiger partial charge in [-0.1, -0.05) is 25.1 Å². The van der Waals surface area contributed by atoms with E-state index in [0.29, 0.717) is 0 Å². The average molecular weight is 278 g/mol. The summed E-state index contributed by atoms with van der Waals surface area (Å²) in [5.74, 6) is -0.788. The Morgan fingerprint density at radius 3 is 2.56 bits per heavy atom. The fraction of sp³-hybridized carbons (Fsp3) is 0.417. The highest BCUT2D eigenvalue weighted by Crippen LogP contribution is 2.34. The van der Waals surface area contributed by atoms with Crippen LogP contribution in [0.4, 0.5) is 13.2 Å². The minimum atomic E-state index is -4.37. The topological polar surface area (TPSA) is 37.3 Å². The monoisotopic (exact) mass is 278 g/mol. The molecule has 1 aromatic carbocycles. The molecule has 0 radical (unpaired) electrons. The molecule has 6 heteroatoms. The van der Waals surface area contributed by atoms with E-state index in [4.69, 9.17) is 5.11 Å². The number of aliphatic carboxylic acids is 1. The Hall–Kier alpha value is -1.17. The predicted octanol–water partition coefficient (Wildman–Crippen LogP) is 3.80. The van der Waals surface area contributed by atoms with Gasteiger partial charge >= 0.3 is 12.1 Å². The van der Waals surface area contributed by atoms with Crippen LogP contribution in [-0.4, -0.2) is 16.3 Å². The molecular formula is C12H13F3O2S. The van der Waals surface area contributed by atoms with Crippen molar-refractivity contribution in [1.29, 1.82) is 0 Å². The molecule has 0 bridgehead atoms. The van der Waals surface area contributed by atoms with Crippen LogP contribution in [0.3, 0.4) is 0 Å². The van der Waals surface area contributed by atoms with E-state index in [-0.39, 0.29) is 23.0 Å². The van der Waals surface area contributed by atoms with E-state index in [1.54, 1.807) is 13.0 Å². The van der Waals surface area contributed by atoms with Gasteiger partial charge in [-0.3, -0.25) is 4.79 Å². The minimum absolute atomic E-state index is 0.0567. The van der Waals surface area contributed by atoms with Crippen molar-refractivity contribution in [3.8, 4) is 0 Å². The zero-order valence-corrected chi connectivity index (χ0v) is 10.5. The number of carbonyl (C=O) groups is 1. The van der Waals surface area contributed by atoms with Crippen molar-refractivity contribution in [1.82, 2.24) is 0 Å². The molecular weight excluding hydrogens is 265 g/mol. The summed E-state index contributed by atoms with van der Waals surface area (Å²) in [6.07, 6.45) is -4.42. The Balaban J connectivity index is 2.71. The van der Waals surface area contributed by atoms with E-state index in [0.717, 1.165) is 6.07 Å². The molecule has 1 N–H and O–H groups in total. The molecule has 0 saturated heterocycles. The van der Waals surface area contributed by atoms with E-state index in [9.17, 15) is 18.0 Å². The van der Waals surface area contributed by atoms with Crippen LogP contribution in [0.5, 0.6) is 0 Å². The quantitative estimate of drug-likeness (QED) is 0.890. The number of benzene rings is 1. The highest BCUT2D eigenvalue weighted by molar-refractivity contribution is 7.99. The lowest BCUT2D eigenvalue weighted by atomic mass is 10.1. The second kappa shape index (κ2) is 6.13. The third kappa shape index (κ3) is 4.60. The Kier molecular flexibility index (Phi) is 5.07. The number of alkyl halides is 3. The summed E-state index contributed by atoms with van der Waals surface area (Å²) in [5.41, 5.74) is -0.465. The Labute approximate surface area is 107 Å². The van der Waals surface area contributed by atoms with Crippen molar-refractivity contribution in [3.05, 3.63) is 35.4 Å². The van der Waals surface area contributed by atoms with Gasteiger partial charge in [0.2, 0.25) is 0 Å². The summed E-state index contributed by atoms with van der Waals surface area (Å²) >= 11 is 1.21. The van der Waals surface area contributed by atoms with Crippen molar-refractivity contribution in [2.45, 2.75) is 30.5 Å². The van der Waals surface area contributed by atoms with Crippen LogP contribution in [0.1, 0.15) is 24.5 Å². The van der Waals surface area contributed by atoms with Gasteiger partial charge in [-0.05, 0) is 11.6 Å². The summed E-state index contributed by atoms with van der Waals surface area (Å²) in [5, 5.41) is 8.35. The summed E-state index contributed by atoms with van der Waals surface area (Å²) < 4.78 is 38.0. The first-order valence-electron chi connectivity index (χ1n) is 5.29. The van der Waals surface area contributed by atoms with Crippen LogP contribution >= 0.6 is 11.8 Å². The number of rotatable bonds is 5. The number of hydrogen-bond donors (Lipinski definition) is 1. The van der Waals surface area contributed by atoms with E-state index < -0.39 is 17.7 Å². The first-order valence-corrected chi connectivity index (χ1v) is 6.34. The van der Waals surface area contributed by atoms with E-state index in [1.807, 2.05) is 0 Å². The molecule has 0 heterocycles. The van der Waals surface area contributed by atoms with E-state index in [2.05, 4.69) is 0 Å². The molecule has 1 rings (SSSR count). The highest BCUT2D eigenvalue weighted by atomic mass is 32.2. The summed E-state index contributed by atoms with van der Waals surface area (Å²) in [4.78, 5) is 10.5. The Morgan fingerprint density at radius 2 is 2.00 bits per heavy atom. The molecule has 1 atom stereocenters. The lowest BCUT2D eigenvalue weighted by Crippen LogP contribution is -2.10. The van der Waals surface area contributed by atoms with Gasteiger partial charge < -0.3 is 5.11 Å². The zero-order valence-electron chi connectivity index (χ0n) is 9.70. The molecule has 0 amide bonds. The predicted molar refractivity (Wildman–Crippen MR) is 64.5 cm³/mol. The smallest absolute Gasteiger partial charge is 0.416 e. The van der Waals surface area contributed by atoms with Crippen LogP contribution in [0.25, 0.3) is 0 Å². The van der Waals surface area contributed by atoms with Crippen molar-refractivity contribution in [2.75, 3.05) is 0 Å². The van der Waals surface area contributed by atoms with Gasteiger partial charge in [0, 0.05) is 11.0 Å².